The molecule has 1 N–H and O–H groups in total. The van der Waals surface area contributed by atoms with Gasteiger partial charge in [-0.2, -0.15) is 0 Å². The molecule has 0 radical (unpaired) electrons. The SMILES string of the molecule is CCC(C)N(CCOC)C(=O)c1cc(O)ccc1Cl. The number of rotatable bonds is 6. The number of phenols is 1. The second-order valence-corrected chi connectivity index (χ2v) is 4.82. The largest absolute Gasteiger partial charge is 0.508 e. The summed E-state index contributed by atoms with van der Waals surface area (Å²) in [6, 6.07) is 4.46. The highest BCUT2D eigenvalue weighted by molar-refractivity contribution is 6.33. The number of phenolic OH excluding ortho intramolecular Hbond substituents is 1. The van der Waals surface area contributed by atoms with Gasteiger partial charge < -0.3 is 14.7 Å². The third-order valence-electron chi connectivity index (χ3n) is 3.10. The van der Waals surface area contributed by atoms with Crippen LogP contribution in [-0.2, 0) is 4.74 Å². The highest BCUT2D eigenvalue weighted by Gasteiger charge is 2.22. The second kappa shape index (κ2) is 7.36. The quantitative estimate of drug-likeness (QED) is 0.874. The zero-order valence-electron chi connectivity index (χ0n) is 11.5. The van der Waals surface area contributed by atoms with Crippen LogP contribution in [0.1, 0.15) is 30.6 Å². The van der Waals surface area contributed by atoms with Gasteiger partial charge in [-0.3, -0.25) is 4.79 Å². The van der Waals surface area contributed by atoms with Crippen LogP contribution in [0, 0.1) is 0 Å². The van der Waals surface area contributed by atoms with Crippen LogP contribution in [0.2, 0.25) is 5.02 Å². The summed E-state index contributed by atoms with van der Waals surface area (Å²) >= 11 is 6.03. The standard InChI is InChI=1S/C14H20ClNO3/c1-4-10(2)16(7-8-19-3)14(18)12-9-11(17)5-6-13(12)15/h5-6,9-10,17H,4,7-8H2,1-3H3. The number of methoxy groups -OCH3 is 1. The lowest BCUT2D eigenvalue weighted by Crippen LogP contribution is -2.40. The average molecular weight is 286 g/mol. The smallest absolute Gasteiger partial charge is 0.255 e. The maximum absolute atomic E-state index is 12.5. The van der Waals surface area contributed by atoms with Gasteiger partial charge in [-0.15, -0.1) is 0 Å². The predicted octanol–water partition coefficient (Wildman–Crippen LogP) is 2.93. The average Bonchev–Trinajstić information content (AvgIpc) is 2.41. The van der Waals surface area contributed by atoms with E-state index in [0.29, 0.717) is 23.7 Å². The lowest BCUT2D eigenvalue weighted by atomic mass is 10.1. The fourth-order valence-corrected chi connectivity index (χ4v) is 1.96. The molecule has 0 fully saturated rings. The van der Waals surface area contributed by atoms with Crippen molar-refractivity contribution in [3.8, 4) is 5.75 Å². The topological polar surface area (TPSA) is 49.8 Å². The molecular weight excluding hydrogens is 266 g/mol. The molecule has 1 aromatic carbocycles. The lowest BCUT2D eigenvalue weighted by molar-refractivity contribution is 0.0613. The molecule has 106 valence electrons. The number of hydrogen-bond acceptors (Lipinski definition) is 3. The van der Waals surface area contributed by atoms with Crippen molar-refractivity contribution in [1.82, 2.24) is 4.90 Å². The van der Waals surface area contributed by atoms with Crippen molar-refractivity contribution in [1.29, 1.82) is 0 Å². The first-order valence-electron chi connectivity index (χ1n) is 6.29. The number of halogens is 1. The van der Waals surface area contributed by atoms with E-state index in [1.54, 1.807) is 12.0 Å². The maximum atomic E-state index is 12.5. The van der Waals surface area contributed by atoms with E-state index in [2.05, 4.69) is 0 Å². The van der Waals surface area contributed by atoms with Gasteiger partial charge in [-0.1, -0.05) is 18.5 Å². The Morgan fingerprint density at radius 1 is 1.53 bits per heavy atom. The van der Waals surface area contributed by atoms with Crippen molar-refractivity contribution < 1.29 is 14.6 Å². The van der Waals surface area contributed by atoms with Crippen molar-refractivity contribution in [3.05, 3.63) is 28.8 Å². The molecule has 1 atom stereocenters. The van der Waals surface area contributed by atoms with Crippen LogP contribution in [0.5, 0.6) is 5.75 Å². The number of carbonyl (C=O) groups excluding carboxylic acids is 1. The molecule has 5 heteroatoms. The van der Waals surface area contributed by atoms with E-state index >= 15 is 0 Å². The van der Waals surface area contributed by atoms with Crippen molar-refractivity contribution in [2.45, 2.75) is 26.3 Å². The Balaban J connectivity index is 3.00. The van der Waals surface area contributed by atoms with E-state index in [1.165, 1.54) is 18.2 Å². The monoisotopic (exact) mass is 285 g/mol. The summed E-state index contributed by atoms with van der Waals surface area (Å²) in [7, 11) is 1.60. The van der Waals surface area contributed by atoms with E-state index in [0.717, 1.165) is 6.42 Å². The summed E-state index contributed by atoms with van der Waals surface area (Å²) in [5.41, 5.74) is 0.318. The number of aromatic hydroxyl groups is 1. The summed E-state index contributed by atoms with van der Waals surface area (Å²) in [5.74, 6) is -0.157. The molecule has 0 aliphatic rings. The van der Waals surface area contributed by atoms with Crippen molar-refractivity contribution in [2.24, 2.45) is 0 Å². The molecule has 1 amide bonds. The predicted molar refractivity (Wildman–Crippen MR) is 75.8 cm³/mol. The Labute approximate surface area is 118 Å². The van der Waals surface area contributed by atoms with Gasteiger partial charge in [-0.25, -0.2) is 0 Å². The number of benzene rings is 1. The van der Waals surface area contributed by atoms with Gasteiger partial charge in [0.15, 0.2) is 0 Å². The molecule has 1 rings (SSSR count). The summed E-state index contributed by atoms with van der Waals surface area (Å²) in [4.78, 5) is 14.2. The van der Waals surface area contributed by atoms with Crippen LogP contribution in [0.4, 0.5) is 0 Å². The highest BCUT2D eigenvalue weighted by Crippen LogP contribution is 2.23. The molecule has 0 bridgehead atoms. The molecule has 0 saturated carbocycles. The molecule has 1 aromatic rings. The van der Waals surface area contributed by atoms with Gasteiger partial charge in [0.05, 0.1) is 17.2 Å². The molecule has 0 saturated heterocycles. The van der Waals surface area contributed by atoms with Gasteiger partial charge in [-0.05, 0) is 31.5 Å². The highest BCUT2D eigenvalue weighted by atomic mass is 35.5. The molecule has 1 unspecified atom stereocenters. The Kier molecular flexibility index (Phi) is 6.12. The van der Waals surface area contributed by atoms with Gasteiger partial charge in [0.25, 0.3) is 5.91 Å². The Morgan fingerprint density at radius 3 is 2.79 bits per heavy atom. The fourth-order valence-electron chi connectivity index (χ4n) is 1.76. The third kappa shape index (κ3) is 4.11. The Hall–Kier alpha value is -1.26. The first-order chi connectivity index (χ1) is 9.01. The number of ether oxygens (including phenoxy) is 1. The summed E-state index contributed by atoms with van der Waals surface area (Å²) < 4.78 is 5.03. The minimum atomic E-state index is -0.188. The van der Waals surface area contributed by atoms with Gasteiger partial charge >= 0.3 is 0 Å². The second-order valence-electron chi connectivity index (χ2n) is 4.41. The van der Waals surface area contributed by atoms with Crippen molar-refractivity contribution in [2.75, 3.05) is 20.3 Å². The van der Waals surface area contributed by atoms with Crippen molar-refractivity contribution >= 4 is 17.5 Å². The fraction of sp³-hybridized carbons (Fsp3) is 0.500. The molecule has 19 heavy (non-hydrogen) atoms. The number of amides is 1. The van der Waals surface area contributed by atoms with Crippen LogP contribution >= 0.6 is 11.6 Å². The first-order valence-corrected chi connectivity index (χ1v) is 6.67. The van der Waals surface area contributed by atoms with E-state index in [9.17, 15) is 9.90 Å². The normalized spacial score (nSPS) is 12.2. The van der Waals surface area contributed by atoms with E-state index in [4.69, 9.17) is 16.3 Å². The minimum absolute atomic E-state index is 0.0311. The zero-order valence-corrected chi connectivity index (χ0v) is 12.3. The number of carbonyl (C=O) groups is 1. The van der Waals surface area contributed by atoms with Crippen LogP contribution < -0.4 is 0 Å². The van der Waals surface area contributed by atoms with Crippen LogP contribution in [0.25, 0.3) is 0 Å². The lowest BCUT2D eigenvalue weighted by Gasteiger charge is -2.28. The molecule has 0 heterocycles. The van der Waals surface area contributed by atoms with E-state index in [1.807, 2.05) is 13.8 Å². The molecule has 0 aromatic heterocycles. The van der Waals surface area contributed by atoms with Crippen LogP contribution in [0.15, 0.2) is 18.2 Å². The zero-order chi connectivity index (χ0) is 14.4. The summed E-state index contributed by atoms with van der Waals surface area (Å²) in [6.45, 7) is 4.95. The molecule has 0 spiro atoms. The van der Waals surface area contributed by atoms with Crippen LogP contribution in [-0.4, -0.2) is 42.2 Å². The first kappa shape index (κ1) is 15.8. The minimum Gasteiger partial charge on any atom is -0.508 e. The Bertz CT molecular complexity index is 437. The molecule has 4 nitrogen and oxygen atoms in total. The van der Waals surface area contributed by atoms with Gasteiger partial charge in [0.1, 0.15) is 5.75 Å². The molecule has 0 aliphatic carbocycles. The van der Waals surface area contributed by atoms with E-state index in [-0.39, 0.29) is 17.7 Å². The molecular formula is C14H20ClNO3. The maximum Gasteiger partial charge on any atom is 0.255 e. The van der Waals surface area contributed by atoms with E-state index < -0.39 is 0 Å². The Morgan fingerprint density at radius 2 is 2.21 bits per heavy atom. The number of hydrogen-bond donors (Lipinski definition) is 1. The summed E-state index contributed by atoms with van der Waals surface area (Å²) in [6.07, 6.45) is 0.839. The summed E-state index contributed by atoms with van der Waals surface area (Å²) in [5, 5.41) is 9.83. The number of nitrogens with zero attached hydrogens (tertiary/aromatic N) is 1. The van der Waals surface area contributed by atoms with Gasteiger partial charge in [0.2, 0.25) is 0 Å². The third-order valence-corrected chi connectivity index (χ3v) is 3.43. The van der Waals surface area contributed by atoms with Crippen LogP contribution in [0.3, 0.4) is 0 Å². The van der Waals surface area contributed by atoms with Crippen molar-refractivity contribution in [3.63, 3.8) is 0 Å². The molecule has 0 aliphatic heterocycles. The van der Waals surface area contributed by atoms with Gasteiger partial charge in [0, 0.05) is 19.7 Å².